The van der Waals surface area contributed by atoms with E-state index in [1.165, 1.54) is 22.9 Å². The van der Waals surface area contributed by atoms with Gasteiger partial charge in [0.2, 0.25) is 5.91 Å². The minimum absolute atomic E-state index is 0.0386. The highest BCUT2D eigenvalue weighted by Gasteiger charge is 2.17. The number of carbonyl (C=O) groups is 1. The van der Waals surface area contributed by atoms with E-state index in [4.69, 9.17) is 5.73 Å². The van der Waals surface area contributed by atoms with Crippen molar-refractivity contribution in [2.45, 2.75) is 39.3 Å². The molecule has 0 aromatic carbocycles. The molecule has 2 N–H and O–H groups in total. The number of likely N-dealkylation sites (N-methyl/N-ethyl adjacent to an activating group) is 1. The molecule has 5 nitrogen and oxygen atoms in total. The van der Waals surface area contributed by atoms with Crippen LogP contribution in [0.5, 0.6) is 0 Å². The molecule has 0 saturated carbocycles. The average Bonchev–Trinajstić information content (AvgIpc) is 2.35. The quantitative estimate of drug-likeness (QED) is 0.851. The number of amides is 1. The van der Waals surface area contributed by atoms with Gasteiger partial charge in [0.15, 0.2) is 0 Å². The Balaban J connectivity index is 2.81. The number of aromatic nitrogens is 1. The lowest BCUT2D eigenvalue weighted by atomic mass is 10.1. The Bertz CT molecular complexity index is 464. The number of nitrogens with zero attached hydrogens (tertiary/aromatic N) is 2. The molecule has 0 spiro atoms. The lowest BCUT2D eigenvalue weighted by Crippen LogP contribution is -2.39. The SMILES string of the molecule is CCC(CC)N(C)C(=O)Cn1cc(N)ccc1=O. The summed E-state index contributed by atoms with van der Waals surface area (Å²) in [6.07, 6.45) is 3.32. The van der Waals surface area contributed by atoms with E-state index < -0.39 is 0 Å². The zero-order valence-corrected chi connectivity index (χ0v) is 11.2. The summed E-state index contributed by atoms with van der Waals surface area (Å²) in [5.74, 6) is -0.0728. The maximum atomic E-state index is 12.1. The molecule has 0 aliphatic rings. The second-order valence-electron chi connectivity index (χ2n) is 4.40. The van der Waals surface area contributed by atoms with E-state index in [1.54, 1.807) is 11.9 Å². The van der Waals surface area contributed by atoms with E-state index in [2.05, 4.69) is 0 Å². The summed E-state index contributed by atoms with van der Waals surface area (Å²) < 4.78 is 1.34. The smallest absolute Gasteiger partial charge is 0.251 e. The largest absolute Gasteiger partial charge is 0.398 e. The Morgan fingerprint density at radius 1 is 1.39 bits per heavy atom. The standard InChI is InChI=1S/C13H21N3O2/c1-4-11(5-2)15(3)13(18)9-16-8-10(14)6-7-12(16)17/h6-8,11H,4-5,9,14H2,1-3H3. The normalized spacial score (nSPS) is 10.7. The summed E-state index contributed by atoms with van der Waals surface area (Å²) in [6, 6.07) is 3.13. The van der Waals surface area contributed by atoms with Gasteiger partial charge in [0.1, 0.15) is 6.54 Å². The van der Waals surface area contributed by atoms with Crippen LogP contribution >= 0.6 is 0 Å². The molecule has 1 amide bonds. The lowest BCUT2D eigenvalue weighted by molar-refractivity contribution is -0.132. The molecular weight excluding hydrogens is 230 g/mol. The van der Waals surface area contributed by atoms with Crippen LogP contribution in [-0.2, 0) is 11.3 Å². The van der Waals surface area contributed by atoms with Gasteiger partial charge in [-0.15, -0.1) is 0 Å². The van der Waals surface area contributed by atoms with Gasteiger partial charge in [-0.3, -0.25) is 9.59 Å². The topological polar surface area (TPSA) is 68.3 Å². The Hall–Kier alpha value is -1.78. The third-order valence-electron chi connectivity index (χ3n) is 3.20. The molecular formula is C13H21N3O2. The number of rotatable bonds is 5. The van der Waals surface area contributed by atoms with E-state index >= 15 is 0 Å². The monoisotopic (exact) mass is 251 g/mol. The molecule has 1 aromatic rings. The van der Waals surface area contributed by atoms with Gasteiger partial charge >= 0.3 is 0 Å². The highest BCUT2D eigenvalue weighted by atomic mass is 16.2. The van der Waals surface area contributed by atoms with Gasteiger partial charge in [0, 0.05) is 31.0 Å². The van der Waals surface area contributed by atoms with E-state index in [-0.39, 0.29) is 24.1 Å². The summed E-state index contributed by atoms with van der Waals surface area (Å²) in [5.41, 5.74) is 5.87. The Kier molecular flexibility index (Phi) is 4.95. The minimum Gasteiger partial charge on any atom is -0.398 e. The van der Waals surface area contributed by atoms with Gasteiger partial charge in [-0.05, 0) is 18.9 Å². The van der Waals surface area contributed by atoms with Crippen LogP contribution in [0.3, 0.4) is 0 Å². The summed E-state index contributed by atoms with van der Waals surface area (Å²) in [4.78, 5) is 25.3. The van der Waals surface area contributed by atoms with Gasteiger partial charge in [-0.2, -0.15) is 0 Å². The summed E-state index contributed by atoms with van der Waals surface area (Å²) in [6.45, 7) is 4.13. The van der Waals surface area contributed by atoms with Gasteiger partial charge in [0.05, 0.1) is 0 Å². The highest BCUT2D eigenvalue weighted by molar-refractivity contribution is 5.76. The van der Waals surface area contributed by atoms with Crippen molar-refractivity contribution in [3.8, 4) is 0 Å². The zero-order valence-electron chi connectivity index (χ0n) is 11.2. The summed E-state index contributed by atoms with van der Waals surface area (Å²) in [5, 5.41) is 0. The first-order valence-electron chi connectivity index (χ1n) is 6.21. The van der Waals surface area contributed by atoms with Crippen molar-refractivity contribution in [1.82, 2.24) is 9.47 Å². The van der Waals surface area contributed by atoms with Gasteiger partial charge in [-0.25, -0.2) is 0 Å². The molecule has 0 unspecified atom stereocenters. The second kappa shape index (κ2) is 6.23. The molecule has 0 radical (unpaired) electrons. The van der Waals surface area contributed by atoms with Crippen LogP contribution in [0.2, 0.25) is 0 Å². The van der Waals surface area contributed by atoms with Gasteiger partial charge in [-0.1, -0.05) is 13.8 Å². The van der Waals surface area contributed by atoms with Crippen molar-refractivity contribution in [1.29, 1.82) is 0 Å². The maximum Gasteiger partial charge on any atom is 0.251 e. The van der Waals surface area contributed by atoms with Crippen molar-refractivity contribution in [2.75, 3.05) is 12.8 Å². The molecule has 0 aliphatic heterocycles. The van der Waals surface area contributed by atoms with Crippen LogP contribution in [0, 0.1) is 0 Å². The highest BCUT2D eigenvalue weighted by Crippen LogP contribution is 2.07. The van der Waals surface area contributed by atoms with E-state index in [0.29, 0.717) is 5.69 Å². The number of nitrogen functional groups attached to an aromatic ring is 1. The van der Waals surface area contributed by atoms with Crippen LogP contribution in [0.4, 0.5) is 5.69 Å². The Labute approximate surface area is 107 Å². The number of anilines is 1. The van der Waals surface area contributed by atoms with Crippen LogP contribution in [0.25, 0.3) is 0 Å². The molecule has 0 fully saturated rings. The molecule has 1 rings (SSSR count). The van der Waals surface area contributed by atoms with Gasteiger partial charge in [0.25, 0.3) is 5.56 Å². The molecule has 1 aromatic heterocycles. The number of carbonyl (C=O) groups excluding carboxylic acids is 1. The first-order chi connectivity index (χ1) is 8.49. The van der Waals surface area contributed by atoms with E-state index in [1.807, 2.05) is 13.8 Å². The average molecular weight is 251 g/mol. The summed E-state index contributed by atoms with van der Waals surface area (Å²) in [7, 11) is 1.78. The fraction of sp³-hybridized carbons (Fsp3) is 0.538. The summed E-state index contributed by atoms with van der Waals surface area (Å²) >= 11 is 0. The maximum absolute atomic E-state index is 12.1. The van der Waals surface area contributed by atoms with Crippen molar-refractivity contribution in [2.24, 2.45) is 0 Å². The minimum atomic E-state index is -0.213. The number of pyridine rings is 1. The number of hydrogen-bond donors (Lipinski definition) is 1. The van der Waals surface area contributed by atoms with Crippen LogP contribution in [0.15, 0.2) is 23.1 Å². The molecule has 0 atom stereocenters. The lowest BCUT2D eigenvalue weighted by Gasteiger charge is -2.26. The predicted molar refractivity (Wildman–Crippen MR) is 72.3 cm³/mol. The molecule has 18 heavy (non-hydrogen) atoms. The third kappa shape index (κ3) is 3.35. The Morgan fingerprint density at radius 2 is 2.00 bits per heavy atom. The van der Waals surface area contributed by atoms with Crippen molar-refractivity contribution in [3.05, 3.63) is 28.7 Å². The second-order valence-corrected chi connectivity index (χ2v) is 4.40. The molecule has 5 heteroatoms. The molecule has 0 saturated heterocycles. The van der Waals surface area contributed by atoms with E-state index in [0.717, 1.165) is 12.8 Å². The molecule has 0 aliphatic carbocycles. The third-order valence-corrected chi connectivity index (χ3v) is 3.20. The molecule has 100 valence electrons. The van der Waals surface area contributed by atoms with Crippen molar-refractivity contribution < 1.29 is 4.79 Å². The van der Waals surface area contributed by atoms with Crippen LogP contribution in [-0.4, -0.2) is 28.5 Å². The first-order valence-corrected chi connectivity index (χ1v) is 6.21. The van der Waals surface area contributed by atoms with Crippen LogP contribution < -0.4 is 11.3 Å². The van der Waals surface area contributed by atoms with Crippen molar-refractivity contribution in [3.63, 3.8) is 0 Å². The van der Waals surface area contributed by atoms with Gasteiger partial charge < -0.3 is 15.2 Å². The molecule has 1 heterocycles. The first kappa shape index (κ1) is 14.3. The fourth-order valence-corrected chi connectivity index (χ4v) is 1.97. The van der Waals surface area contributed by atoms with Crippen LogP contribution in [0.1, 0.15) is 26.7 Å². The predicted octanol–water partition coefficient (Wildman–Crippen LogP) is 1.08. The fourth-order valence-electron chi connectivity index (χ4n) is 1.97. The van der Waals surface area contributed by atoms with Crippen molar-refractivity contribution >= 4 is 11.6 Å². The molecule has 0 bridgehead atoms. The van der Waals surface area contributed by atoms with E-state index in [9.17, 15) is 9.59 Å². The number of hydrogen-bond acceptors (Lipinski definition) is 3. The zero-order chi connectivity index (χ0) is 13.7. The number of nitrogens with two attached hydrogens (primary N) is 1. The Morgan fingerprint density at radius 3 is 2.56 bits per heavy atom.